The predicted octanol–water partition coefficient (Wildman–Crippen LogP) is 3.75. The molecule has 0 radical (unpaired) electrons. The van der Waals surface area contributed by atoms with Crippen molar-refractivity contribution in [1.29, 1.82) is 0 Å². The lowest BCUT2D eigenvalue weighted by Crippen LogP contribution is -2.30. The summed E-state index contributed by atoms with van der Waals surface area (Å²) < 4.78 is 35.8. The van der Waals surface area contributed by atoms with E-state index >= 15 is 0 Å². The van der Waals surface area contributed by atoms with Gasteiger partial charge in [0.05, 0.1) is 19.3 Å². The number of benzene rings is 2. The van der Waals surface area contributed by atoms with Gasteiger partial charge in [-0.3, -0.25) is 8.71 Å². The number of nitrogens with zero attached hydrogens (tertiary/aromatic N) is 4. The normalized spacial score (nSPS) is 11.6. The summed E-state index contributed by atoms with van der Waals surface area (Å²) in [5, 5.41) is 8.04. The first-order valence-corrected chi connectivity index (χ1v) is 10.9. The fourth-order valence-corrected chi connectivity index (χ4v) is 4.68. The zero-order chi connectivity index (χ0) is 21.3. The van der Waals surface area contributed by atoms with Crippen LogP contribution in [0.1, 0.15) is 17.0 Å². The summed E-state index contributed by atoms with van der Waals surface area (Å²) in [6, 6.07) is 18.0. The molecule has 4 aromatic rings. The second kappa shape index (κ2) is 7.79. The van der Waals surface area contributed by atoms with Crippen LogP contribution in [0.15, 0.2) is 71.8 Å². The van der Waals surface area contributed by atoms with Gasteiger partial charge in [0.2, 0.25) is 0 Å². The van der Waals surface area contributed by atoms with Gasteiger partial charge in [-0.15, -0.1) is 10.2 Å². The highest BCUT2D eigenvalue weighted by Gasteiger charge is 2.26. The molecule has 8 heteroatoms. The second-order valence-electron chi connectivity index (χ2n) is 7.04. The quantitative estimate of drug-likeness (QED) is 0.473. The number of pyridine rings is 1. The molecule has 0 aliphatic rings. The van der Waals surface area contributed by atoms with Gasteiger partial charge in [-0.25, -0.2) is 8.42 Å². The van der Waals surface area contributed by atoms with Crippen molar-refractivity contribution < 1.29 is 13.2 Å². The van der Waals surface area contributed by atoms with Crippen LogP contribution in [0.5, 0.6) is 5.75 Å². The van der Waals surface area contributed by atoms with E-state index < -0.39 is 10.0 Å². The lowest BCUT2D eigenvalue weighted by molar-refractivity contribution is 0.414. The van der Waals surface area contributed by atoms with E-state index in [1.54, 1.807) is 36.8 Å². The van der Waals surface area contributed by atoms with Gasteiger partial charge in [0, 0.05) is 6.20 Å². The van der Waals surface area contributed by atoms with Crippen molar-refractivity contribution >= 4 is 21.4 Å². The van der Waals surface area contributed by atoms with Gasteiger partial charge in [-0.1, -0.05) is 29.8 Å². The maximum atomic E-state index is 13.7. The molecule has 0 spiro atoms. The first-order valence-electron chi connectivity index (χ1n) is 9.42. The van der Waals surface area contributed by atoms with Crippen LogP contribution in [-0.4, -0.2) is 30.1 Å². The largest absolute Gasteiger partial charge is 0.497 e. The van der Waals surface area contributed by atoms with Crippen molar-refractivity contribution in [2.45, 2.75) is 25.3 Å². The van der Waals surface area contributed by atoms with E-state index in [2.05, 4.69) is 10.2 Å². The SMILES string of the molecule is COc1cccc(CN(c2ccc(C)cc2)S(=O)(=O)c2ccc3nnc(C)n3c2)c1. The smallest absolute Gasteiger partial charge is 0.266 e. The Kier molecular flexibility index (Phi) is 5.17. The van der Waals surface area contributed by atoms with Crippen molar-refractivity contribution in [3.05, 3.63) is 83.8 Å². The van der Waals surface area contributed by atoms with Crippen LogP contribution in [0.3, 0.4) is 0 Å². The van der Waals surface area contributed by atoms with Gasteiger partial charge in [-0.2, -0.15) is 0 Å². The molecule has 0 atom stereocenters. The molecule has 2 heterocycles. The van der Waals surface area contributed by atoms with Gasteiger partial charge < -0.3 is 4.74 Å². The summed E-state index contributed by atoms with van der Waals surface area (Å²) in [5.74, 6) is 1.30. The third kappa shape index (κ3) is 3.73. The third-order valence-corrected chi connectivity index (χ3v) is 6.67. The van der Waals surface area contributed by atoms with Crippen LogP contribution in [0.4, 0.5) is 5.69 Å². The van der Waals surface area contributed by atoms with Gasteiger partial charge >= 0.3 is 0 Å². The van der Waals surface area contributed by atoms with Crippen molar-refractivity contribution in [2.24, 2.45) is 0 Å². The van der Waals surface area contributed by atoms with Crippen LogP contribution in [0, 0.1) is 13.8 Å². The third-order valence-electron chi connectivity index (χ3n) is 4.92. The van der Waals surface area contributed by atoms with E-state index in [1.807, 2.05) is 55.5 Å². The molecule has 4 rings (SSSR count). The summed E-state index contributed by atoms with van der Waals surface area (Å²) in [6.45, 7) is 3.92. The monoisotopic (exact) mass is 422 g/mol. The number of sulfonamides is 1. The molecule has 0 aliphatic heterocycles. The second-order valence-corrected chi connectivity index (χ2v) is 8.90. The number of ether oxygens (including phenoxy) is 1. The molecule has 2 aromatic carbocycles. The van der Waals surface area contributed by atoms with Gasteiger partial charge in [-0.05, 0) is 55.8 Å². The molecular formula is C22H22N4O3S. The summed E-state index contributed by atoms with van der Waals surface area (Å²) >= 11 is 0. The van der Waals surface area contributed by atoms with Crippen molar-refractivity contribution in [2.75, 3.05) is 11.4 Å². The zero-order valence-electron chi connectivity index (χ0n) is 17.0. The fourth-order valence-electron chi connectivity index (χ4n) is 3.23. The molecule has 30 heavy (non-hydrogen) atoms. The molecule has 2 aromatic heterocycles. The highest BCUT2D eigenvalue weighted by Crippen LogP contribution is 2.27. The van der Waals surface area contributed by atoms with Crippen molar-refractivity contribution in [3.8, 4) is 5.75 Å². The van der Waals surface area contributed by atoms with E-state index in [1.165, 1.54) is 4.31 Å². The number of anilines is 1. The predicted molar refractivity (Wildman–Crippen MR) is 115 cm³/mol. The van der Waals surface area contributed by atoms with E-state index in [-0.39, 0.29) is 11.4 Å². The van der Waals surface area contributed by atoms with Crippen molar-refractivity contribution in [1.82, 2.24) is 14.6 Å². The highest BCUT2D eigenvalue weighted by atomic mass is 32.2. The summed E-state index contributed by atoms with van der Waals surface area (Å²) in [5.41, 5.74) is 3.06. The Morgan fingerprint density at radius 3 is 2.50 bits per heavy atom. The number of methoxy groups -OCH3 is 1. The van der Waals surface area contributed by atoms with Crippen LogP contribution < -0.4 is 9.04 Å². The highest BCUT2D eigenvalue weighted by molar-refractivity contribution is 7.92. The Bertz CT molecular complexity index is 1300. The van der Waals surface area contributed by atoms with Crippen molar-refractivity contribution in [3.63, 3.8) is 0 Å². The topological polar surface area (TPSA) is 76.8 Å². The Labute approximate surface area is 175 Å². The maximum absolute atomic E-state index is 13.7. The maximum Gasteiger partial charge on any atom is 0.266 e. The van der Waals surface area contributed by atoms with E-state index in [0.29, 0.717) is 22.9 Å². The van der Waals surface area contributed by atoms with Gasteiger partial charge in [0.15, 0.2) is 5.65 Å². The molecule has 0 saturated carbocycles. The van der Waals surface area contributed by atoms with E-state index in [4.69, 9.17) is 4.74 Å². The Hall–Kier alpha value is -3.39. The average molecular weight is 423 g/mol. The molecule has 0 aliphatic carbocycles. The number of hydrogen-bond donors (Lipinski definition) is 0. The number of aromatic nitrogens is 3. The standard InChI is InChI=1S/C22H22N4O3S/c1-16-7-9-19(10-8-16)26(14-18-5-4-6-20(13-18)29-3)30(27,28)21-11-12-22-24-23-17(2)25(22)15-21/h4-13,15H,14H2,1-3H3. The number of fused-ring (bicyclic) bond motifs is 1. The van der Waals surface area contributed by atoms with Crippen LogP contribution in [0.25, 0.3) is 5.65 Å². The molecular weight excluding hydrogens is 400 g/mol. The molecule has 154 valence electrons. The first kappa shape index (κ1) is 19.9. The lowest BCUT2D eigenvalue weighted by Gasteiger charge is -2.25. The first-order chi connectivity index (χ1) is 14.4. The Morgan fingerprint density at radius 1 is 1.00 bits per heavy atom. The van der Waals surface area contributed by atoms with Gasteiger partial charge in [0.25, 0.3) is 10.0 Å². The number of hydrogen-bond acceptors (Lipinski definition) is 5. The summed E-state index contributed by atoms with van der Waals surface area (Å²) in [6.07, 6.45) is 1.56. The molecule has 0 fully saturated rings. The molecule has 0 unspecified atom stereocenters. The van der Waals surface area contributed by atoms with E-state index in [9.17, 15) is 8.42 Å². The molecule has 0 saturated heterocycles. The Balaban J connectivity index is 1.82. The minimum Gasteiger partial charge on any atom is -0.497 e. The zero-order valence-corrected chi connectivity index (χ0v) is 17.8. The molecule has 0 amide bonds. The minimum atomic E-state index is -3.85. The number of rotatable bonds is 6. The fraction of sp³-hybridized carbons (Fsp3) is 0.182. The van der Waals surface area contributed by atoms with E-state index in [0.717, 1.165) is 11.1 Å². The molecule has 7 nitrogen and oxygen atoms in total. The summed E-state index contributed by atoms with van der Waals surface area (Å²) in [4.78, 5) is 0.168. The minimum absolute atomic E-state index is 0.168. The summed E-state index contributed by atoms with van der Waals surface area (Å²) in [7, 11) is -2.27. The van der Waals surface area contributed by atoms with Crippen LogP contribution >= 0.6 is 0 Å². The Morgan fingerprint density at radius 2 is 1.77 bits per heavy atom. The number of aryl methyl sites for hydroxylation is 2. The molecule has 0 N–H and O–H groups in total. The van der Waals surface area contributed by atoms with Crippen LogP contribution in [0.2, 0.25) is 0 Å². The van der Waals surface area contributed by atoms with Gasteiger partial charge in [0.1, 0.15) is 16.5 Å². The van der Waals surface area contributed by atoms with Crippen LogP contribution in [-0.2, 0) is 16.6 Å². The molecule has 0 bridgehead atoms. The lowest BCUT2D eigenvalue weighted by atomic mass is 10.2. The average Bonchev–Trinajstić information content (AvgIpc) is 3.13.